The molecule has 0 spiro atoms. The highest BCUT2D eigenvalue weighted by Gasteiger charge is 2.19. The largest absolute Gasteiger partial charge is 0.366 e. The predicted octanol–water partition coefficient (Wildman–Crippen LogP) is 1.84. The number of ether oxygens (including phenoxy) is 1. The Morgan fingerprint density at radius 2 is 1.59 bits per heavy atom. The number of aliphatic hydroxyl groups is 2. The summed E-state index contributed by atoms with van der Waals surface area (Å²) in [6.07, 6.45) is 11.8. The summed E-state index contributed by atoms with van der Waals surface area (Å²) >= 11 is 0. The van der Waals surface area contributed by atoms with Gasteiger partial charge in [-0.3, -0.25) is 0 Å². The monoisotopic (exact) mass is 247 g/mol. The molecule has 0 aromatic carbocycles. The van der Waals surface area contributed by atoms with Crippen molar-refractivity contribution in [1.82, 2.24) is 0 Å². The van der Waals surface area contributed by atoms with Gasteiger partial charge in [-0.25, -0.2) is 0 Å². The maximum atomic E-state index is 8.08. The molecule has 2 unspecified atom stereocenters. The molecule has 1 aliphatic rings. The molecular formula is C13H29NO3. The topological polar surface area (TPSA) is 75.7 Å². The first-order chi connectivity index (χ1) is 7.83. The van der Waals surface area contributed by atoms with E-state index in [-0.39, 0.29) is 6.23 Å². The highest BCUT2D eigenvalue weighted by Crippen LogP contribution is 2.17. The van der Waals surface area contributed by atoms with Crippen molar-refractivity contribution < 1.29 is 14.9 Å². The van der Waals surface area contributed by atoms with Crippen LogP contribution in [0.3, 0.4) is 0 Å². The lowest BCUT2D eigenvalue weighted by Gasteiger charge is -2.05. The van der Waals surface area contributed by atoms with Crippen LogP contribution in [0, 0.1) is 12.8 Å². The van der Waals surface area contributed by atoms with Crippen LogP contribution in [0.1, 0.15) is 53.9 Å². The van der Waals surface area contributed by atoms with Gasteiger partial charge < -0.3 is 20.7 Å². The van der Waals surface area contributed by atoms with Crippen LogP contribution >= 0.6 is 0 Å². The molecule has 1 heterocycles. The van der Waals surface area contributed by atoms with Crippen LogP contribution in [0.5, 0.6) is 0 Å². The van der Waals surface area contributed by atoms with Crippen molar-refractivity contribution in [3.63, 3.8) is 0 Å². The maximum Gasteiger partial charge on any atom is 0.156 e. The Balaban J connectivity index is -0.000000190. The van der Waals surface area contributed by atoms with Crippen LogP contribution in [0.25, 0.3) is 0 Å². The van der Waals surface area contributed by atoms with Gasteiger partial charge in [0.2, 0.25) is 0 Å². The molecule has 2 atom stereocenters. The molecule has 4 nitrogen and oxygen atoms in total. The lowest BCUT2D eigenvalue weighted by molar-refractivity contribution is -0.127. The molecule has 0 saturated carbocycles. The molecular weight excluding hydrogens is 218 g/mol. The van der Waals surface area contributed by atoms with E-state index in [1.165, 1.54) is 13.8 Å². The number of hydrogen-bond donors (Lipinski definition) is 3. The Labute approximate surface area is 106 Å². The van der Waals surface area contributed by atoms with Crippen LogP contribution in [-0.4, -0.2) is 28.3 Å². The summed E-state index contributed by atoms with van der Waals surface area (Å²) < 4.78 is 5.29. The van der Waals surface area contributed by atoms with E-state index >= 15 is 0 Å². The standard InChI is InChI=1S/C6H13NO.C3H8O2.C2H6.C2H2/c1-2-5-3-4-6(7)8-5;1-3(2,4)5;2*1-2/h5-6H,2-4,7H2,1H3;4-5H,1-2H3;1-2H3;1-2H. The summed E-state index contributed by atoms with van der Waals surface area (Å²) in [6, 6.07) is 0. The normalized spacial score (nSPS) is 22.0. The third-order valence-corrected chi connectivity index (χ3v) is 1.60. The van der Waals surface area contributed by atoms with Crippen molar-refractivity contribution in [1.29, 1.82) is 0 Å². The fraction of sp³-hybridized carbons (Fsp3) is 0.846. The molecule has 17 heavy (non-hydrogen) atoms. The molecule has 0 bridgehead atoms. The maximum absolute atomic E-state index is 8.08. The first-order valence-electron chi connectivity index (χ1n) is 6.02. The number of nitrogens with two attached hydrogens (primary N) is 1. The minimum Gasteiger partial charge on any atom is -0.366 e. The van der Waals surface area contributed by atoms with Gasteiger partial charge in [0.05, 0.1) is 6.10 Å². The second kappa shape index (κ2) is 13.5. The lowest BCUT2D eigenvalue weighted by Crippen LogP contribution is -2.19. The van der Waals surface area contributed by atoms with Crippen LogP contribution in [0.4, 0.5) is 0 Å². The van der Waals surface area contributed by atoms with Gasteiger partial charge in [-0.05, 0) is 33.1 Å². The van der Waals surface area contributed by atoms with Gasteiger partial charge in [0.25, 0.3) is 0 Å². The molecule has 4 heteroatoms. The summed E-state index contributed by atoms with van der Waals surface area (Å²) in [4.78, 5) is 0. The molecule has 0 aliphatic carbocycles. The average Bonchev–Trinajstić information content (AvgIpc) is 2.68. The molecule has 1 aliphatic heterocycles. The Kier molecular flexibility index (Phi) is 17.2. The quantitative estimate of drug-likeness (QED) is 0.488. The van der Waals surface area contributed by atoms with Crippen molar-refractivity contribution in [3.8, 4) is 12.8 Å². The third kappa shape index (κ3) is 25.6. The third-order valence-electron chi connectivity index (χ3n) is 1.60. The first-order valence-corrected chi connectivity index (χ1v) is 6.02. The van der Waals surface area contributed by atoms with Gasteiger partial charge >= 0.3 is 0 Å². The summed E-state index contributed by atoms with van der Waals surface area (Å²) in [5, 5.41) is 16.2. The number of hydrogen-bond acceptors (Lipinski definition) is 4. The molecule has 1 rings (SSSR count). The minimum atomic E-state index is -1.50. The Morgan fingerprint density at radius 3 is 1.71 bits per heavy atom. The van der Waals surface area contributed by atoms with Crippen LogP contribution in [-0.2, 0) is 4.74 Å². The smallest absolute Gasteiger partial charge is 0.156 e. The van der Waals surface area contributed by atoms with E-state index < -0.39 is 5.79 Å². The molecule has 104 valence electrons. The molecule has 1 fully saturated rings. The first kappa shape index (κ1) is 21.7. The Bertz CT molecular complexity index is 158. The van der Waals surface area contributed by atoms with E-state index in [0.717, 1.165) is 19.3 Å². The van der Waals surface area contributed by atoms with Crippen molar-refractivity contribution in [2.24, 2.45) is 5.73 Å². The Hall–Kier alpha value is -0.600. The zero-order chi connectivity index (χ0) is 14.5. The summed E-state index contributed by atoms with van der Waals surface area (Å²) in [5.41, 5.74) is 5.48. The second-order valence-corrected chi connectivity index (χ2v) is 3.78. The summed E-state index contributed by atoms with van der Waals surface area (Å²) in [7, 11) is 0. The van der Waals surface area contributed by atoms with Crippen molar-refractivity contribution >= 4 is 0 Å². The second-order valence-electron chi connectivity index (χ2n) is 3.78. The van der Waals surface area contributed by atoms with Crippen molar-refractivity contribution in [3.05, 3.63) is 0 Å². The van der Waals surface area contributed by atoms with Gasteiger partial charge in [-0.1, -0.05) is 20.8 Å². The Morgan fingerprint density at radius 1 is 1.24 bits per heavy atom. The van der Waals surface area contributed by atoms with Crippen LogP contribution in [0.15, 0.2) is 0 Å². The van der Waals surface area contributed by atoms with E-state index in [1.54, 1.807) is 0 Å². The van der Waals surface area contributed by atoms with Crippen LogP contribution < -0.4 is 5.73 Å². The van der Waals surface area contributed by atoms with E-state index in [0.29, 0.717) is 6.10 Å². The summed E-state index contributed by atoms with van der Waals surface area (Å²) in [5.74, 6) is -1.50. The number of terminal acetylenes is 1. The average molecular weight is 247 g/mol. The lowest BCUT2D eigenvalue weighted by atomic mass is 10.2. The van der Waals surface area contributed by atoms with E-state index in [1.807, 2.05) is 13.8 Å². The molecule has 0 aromatic heterocycles. The zero-order valence-electron chi connectivity index (χ0n) is 11.8. The zero-order valence-corrected chi connectivity index (χ0v) is 11.8. The van der Waals surface area contributed by atoms with Crippen molar-refractivity contribution in [2.45, 2.75) is 72.0 Å². The summed E-state index contributed by atoms with van der Waals surface area (Å²) in [6.45, 7) is 8.72. The van der Waals surface area contributed by atoms with Gasteiger partial charge in [-0.2, -0.15) is 0 Å². The SMILES string of the molecule is C#C.CC.CC(C)(O)O.CCC1CCC(N)O1. The van der Waals surface area contributed by atoms with Crippen molar-refractivity contribution in [2.75, 3.05) is 0 Å². The van der Waals surface area contributed by atoms with E-state index in [4.69, 9.17) is 20.7 Å². The molecule has 0 radical (unpaired) electrons. The fourth-order valence-electron chi connectivity index (χ4n) is 1.03. The van der Waals surface area contributed by atoms with Gasteiger partial charge in [-0.15, -0.1) is 12.8 Å². The molecule has 0 amide bonds. The number of rotatable bonds is 1. The fourth-order valence-corrected chi connectivity index (χ4v) is 1.03. The van der Waals surface area contributed by atoms with E-state index in [9.17, 15) is 0 Å². The van der Waals surface area contributed by atoms with Gasteiger partial charge in [0, 0.05) is 0 Å². The van der Waals surface area contributed by atoms with E-state index in [2.05, 4.69) is 19.8 Å². The molecule has 1 saturated heterocycles. The van der Waals surface area contributed by atoms with Gasteiger partial charge in [0.1, 0.15) is 6.23 Å². The van der Waals surface area contributed by atoms with Crippen LogP contribution in [0.2, 0.25) is 0 Å². The highest BCUT2D eigenvalue weighted by molar-refractivity contribution is 4.67. The molecule has 4 N–H and O–H groups in total. The highest BCUT2D eigenvalue weighted by atomic mass is 16.5. The minimum absolute atomic E-state index is 0.0277. The predicted molar refractivity (Wildman–Crippen MR) is 72.1 cm³/mol. The van der Waals surface area contributed by atoms with Gasteiger partial charge in [0.15, 0.2) is 5.79 Å². The molecule has 0 aromatic rings.